The van der Waals surface area contributed by atoms with E-state index in [4.69, 9.17) is 0 Å². The van der Waals surface area contributed by atoms with Gasteiger partial charge in [0.2, 0.25) is 0 Å². The van der Waals surface area contributed by atoms with Crippen molar-refractivity contribution < 1.29 is 0 Å². The van der Waals surface area contributed by atoms with Crippen molar-refractivity contribution in [2.75, 3.05) is 11.9 Å². The molecule has 0 aromatic carbocycles. The highest BCUT2D eigenvalue weighted by Crippen LogP contribution is 2.32. The highest BCUT2D eigenvalue weighted by atomic mass is 15.3. The summed E-state index contributed by atoms with van der Waals surface area (Å²) in [6.07, 6.45) is 13.6. The van der Waals surface area contributed by atoms with Gasteiger partial charge < -0.3 is 10.6 Å². The van der Waals surface area contributed by atoms with Crippen molar-refractivity contribution >= 4 is 5.69 Å². The normalized spacial score (nSPS) is 32.2. The molecule has 4 heteroatoms. The van der Waals surface area contributed by atoms with Gasteiger partial charge in [0.25, 0.3) is 0 Å². The third kappa shape index (κ3) is 3.11. The van der Waals surface area contributed by atoms with Gasteiger partial charge in [0.15, 0.2) is 0 Å². The largest absolute Gasteiger partial charge is 0.379 e. The van der Waals surface area contributed by atoms with Gasteiger partial charge in [0, 0.05) is 25.3 Å². The molecule has 1 aromatic rings. The lowest BCUT2D eigenvalue weighted by atomic mass is 9.77. The summed E-state index contributed by atoms with van der Waals surface area (Å²) in [5.74, 6) is 0.786. The van der Waals surface area contributed by atoms with Crippen LogP contribution in [-0.2, 0) is 7.05 Å². The van der Waals surface area contributed by atoms with E-state index in [1.54, 1.807) is 0 Å². The Morgan fingerprint density at radius 2 is 2.05 bits per heavy atom. The van der Waals surface area contributed by atoms with Crippen molar-refractivity contribution in [1.29, 1.82) is 0 Å². The Balaban J connectivity index is 1.66. The van der Waals surface area contributed by atoms with Crippen molar-refractivity contribution in [1.82, 2.24) is 15.1 Å². The average Bonchev–Trinajstić information content (AvgIpc) is 2.86. The smallest absolute Gasteiger partial charge is 0.0728 e. The summed E-state index contributed by atoms with van der Waals surface area (Å²) in [4.78, 5) is 0. The molecule has 0 amide bonds. The molecule has 106 valence electrons. The first-order valence-electron chi connectivity index (χ1n) is 7.81. The SMILES string of the molecule is Cn1cc(NC2CCCCC2C2CCCCN2)cn1. The molecule has 4 nitrogen and oxygen atoms in total. The molecule has 2 fully saturated rings. The van der Waals surface area contributed by atoms with Crippen LogP contribution in [0.1, 0.15) is 44.9 Å². The first-order valence-corrected chi connectivity index (χ1v) is 7.81. The second kappa shape index (κ2) is 5.95. The minimum Gasteiger partial charge on any atom is -0.379 e. The first kappa shape index (κ1) is 13.0. The monoisotopic (exact) mass is 262 g/mol. The Morgan fingerprint density at radius 1 is 1.21 bits per heavy atom. The summed E-state index contributed by atoms with van der Waals surface area (Å²) >= 11 is 0. The molecule has 1 saturated heterocycles. The van der Waals surface area contributed by atoms with Gasteiger partial charge in [-0.25, -0.2) is 0 Å². The van der Waals surface area contributed by atoms with Gasteiger partial charge >= 0.3 is 0 Å². The van der Waals surface area contributed by atoms with Gasteiger partial charge in [-0.3, -0.25) is 4.68 Å². The summed E-state index contributed by atoms with van der Waals surface area (Å²) in [6, 6.07) is 1.34. The second-order valence-electron chi connectivity index (χ2n) is 6.16. The fourth-order valence-electron chi connectivity index (χ4n) is 3.77. The van der Waals surface area contributed by atoms with Gasteiger partial charge in [0.1, 0.15) is 0 Å². The van der Waals surface area contributed by atoms with Crippen LogP contribution in [0, 0.1) is 5.92 Å². The average molecular weight is 262 g/mol. The Kier molecular flexibility index (Phi) is 4.06. The predicted molar refractivity (Wildman–Crippen MR) is 78.2 cm³/mol. The van der Waals surface area contributed by atoms with Crippen molar-refractivity contribution in [2.45, 2.75) is 57.0 Å². The number of nitrogens with zero attached hydrogens (tertiary/aromatic N) is 2. The number of hydrogen-bond acceptors (Lipinski definition) is 3. The number of aryl methyl sites for hydroxylation is 1. The Morgan fingerprint density at radius 3 is 2.79 bits per heavy atom. The number of nitrogens with one attached hydrogen (secondary N) is 2. The quantitative estimate of drug-likeness (QED) is 0.879. The van der Waals surface area contributed by atoms with Crippen molar-refractivity contribution in [3.05, 3.63) is 12.4 Å². The fourth-order valence-corrected chi connectivity index (χ4v) is 3.77. The summed E-state index contributed by atoms with van der Waals surface area (Å²) in [7, 11) is 1.98. The molecule has 19 heavy (non-hydrogen) atoms. The van der Waals surface area contributed by atoms with Crippen molar-refractivity contribution in [3.63, 3.8) is 0 Å². The zero-order chi connectivity index (χ0) is 13.1. The third-order valence-electron chi connectivity index (χ3n) is 4.74. The van der Waals surface area contributed by atoms with Gasteiger partial charge in [0.05, 0.1) is 11.9 Å². The Labute approximate surface area is 116 Å². The number of aromatic nitrogens is 2. The Bertz CT molecular complexity index is 395. The van der Waals surface area contributed by atoms with Crippen LogP contribution >= 0.6 is 0 Å². The zero-order valence-electron chi connectivity index (χ0n) is 11.9. The van der Waals surface area contributed by atoms with Crippen LogP contribution in [0.25, 0.3) is 0 Å². The number of piperidine rings is 1. The molecule has 1 aliphatic carbocycles. The molecule has 3 atom stereocenters. The van der Waals surface area contributed by atoms with Crippen LogP contribution in [0.4, 0.5) is 5.69 Å². The molecule has 1 aliphatic heterocycles. The first-order chi connectivity index (χ1) is 9.33. The van der Waals surface area contributed by atoms with Crippen LogP contribution in [0.2, 0.25) is 0 Å². The van der Waals surface area contributed by atoms with Gasteiger partial charge in [-0.05, 0) is 38.1 Å². The molecule has 0 radical (unpaired) electrons. The minimum atomic E-state index is 0.619. The maximum Gasteiger partial charge on any atom is 0.0728 e. The molecule has 2 aliphatic rings. The predicted octanol–water partition coefficient (Wildman–Crippen LogP) is 2.53. The summed E-state index contributed by atoms with van der Waals surface area (Å²) in [5.41, 5.74) is 1.18. The van der Waals surface area contributed by atoms with Crippen molar-refractivity contribution in [2.24, 2.45) is 13.0 Å². The zero-order valence-corrected chi connectivity index (χ0v) is 11.9. The van der Waals surface area contributed by atoms with E-state index in [2.05, 4.69) is 21.9 Å². The molecular weight excluding hydrogens is 236 g/mol. The van der Waals surface area contributed by atoms with E-state index < -0.39 is 0 Å². The molecule has 1 saturated carbocycles. The van der Waals surface area contributed by atoms with Gasteiger partial charge in [-0.2, -0.15) is 5.10 Å². The maximum atomic E-state index is 4.26. The van der Waals surface area contributed by atoms with E-state index in [0.29, 0.717) is 6.04 Å². The molecule has 3 rings (SSSR count). The molecular formula is C15H26N4. The molecule has 2 N–H and O–H groups in total. The summed E-state index contributed by atoms with van der Waals surface area (Å²) in [6.45, 7) is 1.21. The lowest BCUT2D eigenvalue weighted by Crippen LogP contribution is -2.48. The van der Waals surface area contributed by atoms with E-state index in [1.165, 1.54) is 57.2 Å². The second-order valence-corrected chi connectivity index (χ2v) is 6.16. The summed E-state index contributed by atoms with van der Waals surface area (Å²) < 4.78 is 1.87. The summed E-state index contributed by atoms with van der Waals surface area (Å²) in [5, 5.41) is 11.7. The van der Waals surface area contributed by atoms with E-state index in [1.807, 2.05) is 17.9 Å². The standard InChI is InChI=1S/C15H26N4/c1-19-11-12(10-17-19)18-15-8-3-2-6-13(15)14-7-4-5-9-16-14/h10-11,13-16,18H,2-9H2,1H3. The highest BCUT2D eigenvalue weighted by molar-refractivity contribution is 5.39. The van der Waals surface area contributed by atoms with E-state index in [0.717, 1.165) is 12.0 Å². The third-order valence-corrected chi connectivity index (χ3v) is 4.74. The Hall–Kier alpha value is -1.03. The number of anilines is 1. The van der Waals surface area contributed by atoms with Gasteiger partial charge in [-0.15, -0.1) is 0 Å². The molecule has 3 unspecified atom stereocenters. The number of rotatable bonds is 3. The maximum absolute atomic E-state index is 4.26. The lowest BCUT2D eigenvalue weighted by Gasteiger charge is -2.40. The van der Waals surface area contributed by atoms with Crippen LogP contribution in [0.5, 0.6) is 0 Å². The van der Waals surface area contributed by atoms with Crippen LogP contribution < -0.4 is 10.6 Å². The van der Waals surface area contributed by atoms with Crippen LogP contribution in [0.15, 0.2) is 12.4 Å². The molecule has 0 bridgehead atoms. The van der Waals surface area contributed by atoms with E-state index in [-0.39, 0.29) is 0 Å². The topological polar surface area (TPSA) is 41.9 Å². The van der Waals surface area contributed by atoms with Crippen LogP contribution in [0.3, 0.4) is 0 Å². The lowest BCUT2D eigenvalue weighted by molar-refractivity contribution is 0.217. The van der Waals surface area contributed by atoms with Crippen LogP contribution in [-0.4, -0.2) is 28.4 Å². The highest BCUT2D eigenvalue weighted by Gasteiger charge is 2.32. The fraction of sp³-hybridized carbons (Fsp3) is 0.800. The van der Waals surface area contributed by atoms with E-state index >= 15 is 0 Å². The molecule has 0 spiro atoms. The molecule has 1 aromatic heterocycles. The van der Waals surface area contributed by atoms with E-state index in [9.17, 15) is 0 Å². The molecule has 2 heterocycles. The van der Waals surface area contributed by atoms with Gasteiger partial charge in [-0.1, -0.05) is 19.3 Å². The van der Waals surface area contributed by atoms with Crippen molar-refractivity contribution in [3.8, 4) is 0 Å². The number of hydrogen-bond donors (Lipinski definition) is 2. The minimum absolute atomic E-state index is 0.619.